The normalized spacial score (nSPS) is 14.9. The van der Waals surface area contributed by atoms with E-state index in [0.29, 0.717) is 22.6 Å². The molecule has 0 bridgehead atoms. The molecule has 1 aliphatic carbocycles. The molecule has 3 aromatic rings. The van der Waals surface area contributed by atoms with Crippen molar-refractivity contribution in [1.82, 2.24) is 4.31 Å². The Morgan fingerprint density at radius 2 is 1.36 bits per heavy atom. The Kier molecular flexibility index (Phi) is 10.0. The van der Waals surface area contributed by atoms with Gasteiger partial charge in [0.2, 0.25) is 21.7 Å². The maximum Gasteiger partial charge on any atom is 0.335 e. The van der Waals surface area contributed by atoms with Crippen LogP contribution in [-0.4, -0.2) is 42.8 Å². The van der Waals surface area contributed by atoms with Crippen LogP contribution in [0.3, 0.4) is 0 Å². The number of hydrogen-bond acceptors (Lipinski definition) is 4. The molecular formula is C32H33F5N2O5S. The van der Waals surface area contributed by atoms with Crippen molar-refractivity contribution in [2.45, 2.75) is 76.3 Å². The molecule has 1 saturated carbocycles. The molecule has 1 aliphatic rings. The molecule has 0 saturated heterocycles. The van der Waals surface area contributed by atoms with Crippen LogP contribution in [0.5, 0.6) is 0 Å². The van der Waals surface area contributed by atoms with Gasteiger partial charge < -0.3 is 10.0 Å². The number of halogens is 5. The van der Waals surface area contributed by atoms with E-state index in [4.69, 9.17) is 0 Å². The van der Waals surface area contributed by atoms with E-state index in [0.717, 1.165) is 45.2 Å². The number of hydrogen-bond donors (Lipinski definition) is 1. The van der Waals surface area contributed by atoms with Gasteiger partial charge in [0, 0.05) is 12.7 Å². The summed E-state index contributed by atoms with van der Waals surface area (Å²) in [5.74, 6) is -14.2. The van der Waals surface area contributed by atoms with Crippen molar-refractivity contribution in [2.24, 2.45) is 0 Å². The summed E-state index contributed by atoms with van der Waals surface area (Å²) in [5.41, 5.74) is 2.78. The second kappa shape index (κ2) is 13.3. The van der Waals surface area contributed by atoms with E-state index in [-0.39, 0.29) is 22.1 Å². The third-order valence-corrected chi connectivity index (χ3v) is 10.3. The first-order valence-electron chi connectivity index (χ1n) is 14.3. The van der Waals surface area contributed by atoms with E-state index in [1.54, 1.807) is 13.8 Å². The number of carbonyl (C=O) groups is 2. The van der Waals surface area contributed by atoms with Crippen molar-refractivity contribution < 1.29 is 45.1 Å². The Hall–Kier alpha value is -3.84. The molecule has 0 aliphatic heterocycles. The molecule has 1 fully saturated rings. The first kappa shape index (κ1) is 34.0. The van der Waals surface area contributed by atoms with Crippen LogP contribution in [0.4, 0.5) is 27.6 Å². The second-order valence-corrected chi connectivity index (χ2v) is 13.3. The minimum absolute atomic E-state index is 0.0444. The standard InChI is InChI=1S/C32H33F5N2O5S/c1-17-14-23(32(41)42)15-18(2)29(17)39(16-20-10-12-22(13-11-20)21-8-6-5-7-9-21)31(40)19(3)38(4)45(43,44)30-27(36)25(34)24(33)26(35)28(30)37/h10-15,19,21H,5-9,16H2,1-4H3,(H,41,42)/t19-/m1/s1. The quantitative estimate of drug-likeness (QED) is 0.153. The molecule has 1 amide bonds. The maximum atomic E-state index is 14.5. The first-order chi connectivity index (χ1) is 21.1. The number of aromatic carboxylic acids is 1. The molecule has 1 N–H and O–H groups in total. The molecule has 45 heavy (non-hydrogen) atoms. The highest BCUT2D eigenvalue weighted by Crippen LogP contribution is 2.35. The summed E-state index contributed by atoms with van der Waals surface area (Å²) in [7, 11) is -4.65. The number of anilines is 1. The Morgan fingerprint density at radius 1 is 0.867 bits per heavy atom. The van der Waals surface area contributed by atoms with Crippen molar-refractivity contribution in [3.05, 3.63) is 93.3 Å². The van der Waals surface area contributed by atoms with Crippen LogP contribution in [0.1, 0.15) is 77.6 Å². The van der Waals surface area contributed by atoms with Crippen molar-refractivity contribution in [1.29, 1.82) is 0 Å². The zero-order valence-corrected chi connectivity index (χ0v) is 26.0. The zero-order chi connectivity index (χ0) is 33.4. The Morgan fingerprint density at radius 3 is 1.84 bits per heavy atom. The number of carboxylic acids is 1. The maximum absolute atomic E-state index is 14.5. The molecule has 3 aromatic carbocycles. The molecule has 0 heterocycles. The number of likely N-dealkylation sites (N-methyl/N-ethyl adjacent to an activating group) is 1. The first-order valence-corrected chi connectivity index (χ1v) is 15.8. The molecule has 0 unspecified atom stereocenters. The number of nitrogens with zero attached hydrogens (tertiary/aromatic N) is 2. The average molecular weight is 653 g/mol. The number of rotatable bonds is 9. The SMILES string of the molecule is Cc1cc(C(=O)O)cc(C)c1N(Cc1ccc(C2CCCCC2)cc1)C(=O)[C@@H](C)N(C)S(=O)(=O)c1c(F)c(F)c(F)c(F)c1F. The summed E-state index contributed by atoms with van der Waals surface area (Å²) >= 11 is 0. The molecular weight excluding hydrogens is 619 g/mol. The van der Waals surface area contributed by atoms with Gasteiger partial charge in [0.15, 0.2) is 28.2 Å². The van der Waals surface area contributed by atoms with Crippen LogP contribution < -0.4 is 4.90 Å². The lowest BCUT2D eigenvalue weighted by atomic mass is 9.84. The van der Waals surface area contributed by atoms with Gasteiger partial charge in [-0.2, -0.15) is 4.31 Å². The van der Waals surface area contributed by atoms with Gasteiger partial charge in [0.25, 0.3) is 0 Å². The highest BCUT2D eigenvalue weighted by Gasteiger charge is 2.40. The fraction of sp³-hybridized carbons (Fsp3) is 0.375. The summed E-state index contributed by atoms with van der Waals surface area (Å²) in [6, 6.07) is 8.58. The fourth-order valence-corrected chi connectivity index (χ4v) is 7.26. The van der Waals surface area contributed by atoms with Gasteiger partial charge in [-0.1, -0.05) is 43.5 Å². The predicted octanol–water partition coefficient (Wildman–Crippen LogP) is 6.99. The largest absolute Gasteiger partial charge is 0.478 e. The summed E-state index contributed by atoms with van der Waals surface area (Å²) in [6.45, 7) is 4.16. The monoisotopic (exact) mass is 652 g/mol. The number of carbonyl (C=O) groups excluding carboxylic acids is 1. The van der Waals surface area contributed by atoms with E-state index < -0.39 is 61.9 Å². The minimum atomic E-state index is -5.44. The number of benzene rings is 3. The van der Waals surface area contributed by atoms with Crippen molar-refractivity contribution >= 4 is 27.6 Å². The minimum Gasteiger partial charge on any atom is -0.478 e. The van der Waals surface area contributed by atoms with E-state index in [2.05, 4.69) is 0 Å². The average Bonchev–Trinajstić information content (AvgIpc) is 3.01. The molecule has 13 heteroatoms. The van der Waals surface area contributed by atoms with Gasteiger partial charge in [-0.25, -0.2) is 35.2 Å². The number of carboxylic acid groups (broad SMARTS) is 1. The molecule has 242 valence electrons. The Bertz CT molecular complexity index is 1690. The molecule has 0 spiro atoms. The Labute approximate surface area is 258 Å². The molecule has 0 aromatic heterocycles. The summed E-state index contributed by atoms with van der Waals surface area (Å²) < 4.78 is 97.3. The third-order valence-electron chi connectivity index (χ3n) is 8.38. The zero-order valence-electron chi connectivity index (χ0n) is 25.1. The molecule has 7 nitrogen and oxygen atoms in total. The van der Waals surface area contributed by atoms with Gasteiger partial charge >= 0.3 is 5.97 Å². The topological polar surface area (TPSA) is 95.0 Å². The van der Waals surface area contributed by atoms with Crippen LogP contribution in [0, 0.1) is 42.9 Å². The summed E-state index contributed by atoms with van der Waals surface area (Å²) in [6.07, 6.45) is 5.61. The summed E-state index contributed by atoms with van der Waals surface area (Å²) in [4.78, 5) is 24.9. The molecule has 1 atom stereocenters. The van der Waals surface area contributed by atoms with Crippen LogP contribution in [0.2, 0.25) is 0 Å². The lowest BCUT2D eigenvalue weighted by molar-refractivity contribution is -0.121. The highest BCUT2D eigenvalue weighted by molar-refractivity contribution is 7.89. The fourth-order valence-electron chi connectivity index (χ4n) is 5.83. The van der Waals surface area contributed by atoms with Crippen LogP contribution in [0.15, 0.2) is 41.3 Å². The smallest absolute Gasteiger partial charge is 0.335 e. The number of sulfonamides is 1. The molecule has 4 rings (SSSR count). The Balaban J connectivity index is 1.75. The van der Waals surface area contributed by atoms with E-state index in [1.807, 2.05) is 24.3 Å². The molecule has 0 radical (unpaired) electrons. The van der Waals surface area contributed by atoms with E-state index in [9.17, 15) is 45.1 Å². The number of amides is 1. The van der Waals surface area contributed by atoms with Crippen LogP contribution in [-0.2, 0) is 21.4 Å². The van der Waals surface area contributed by atoms with Gasteiger partial charge in [0.1, 0.15) is 6.04 Å². The van der Waals surface area contributed by atoms with Crippen LogP contribution >= 0.6 is 0 Å². The van der Waals surface area contributed by atoms with Gasteiger partial charge in [-0.3, -0.25) is 4.79 Å². The van der Waals surface area contributed by atoms with E-state index >= 15 is 0 Å². The second-order valence-electron chi connectivity index (χ2n) is 11.4. The lowest BCUT2D eigenvalue weighted by Crippen LogP contribution is -2.48. The van der Waals surface area contributed by atoms with Crippen molar-refractivity contribution in [2.75, 3.05) is 11.9 Å². The van der Waals surface area contributed by atoms with Gasteiger partial charge in [-0.05, 0) is 73.9 Å². The van der Waals surface area contributed by atoms with Crippen LogP contribution in [0.25, 0.3) is 0 Å². The van der Waals surface area contributed by atoms with Gasteiger partial charge in [-0.15, -0.1) is 0 Å². The predicted molar refractivity (Wildman–Crippen MR) is 157 cm³/mol. The van der Waals surface area contributed by atoms with Gasteiger partial charge in [0.05, 0.1) is 12.1 Å². The summed E-state index contributed by atoms with van der Waals surface area (Å²) in [5, 5.41) is 9.51. The third kappa shape index (κ3) is 6.60. The van der Waals surface area contributed by atoms with Crippen molar-refractivity contribution in [3.8, 4) is 0 Å². The highest BCUT2D eigenvalue weighted by atomic mass is 32.2. The van der Waals surface area contributed by atoms with Crippen molar-refractivity contribution in [3.63, 3.8) is 0 Å². The number of aryl methyl sites for hydroxylation is 2. The lowest BCUT2D eigenvalue weighted by Gasteiger charge is -2.32. The van der Waals surface area contributed by atoms with E-state index in [1.165, 1.54) is 23.5 Å².